The molecule has 1 fully saturated rings. The van der Waals surface area contributed by atoms with Gasteiger partial charge in [0.25, 0.3) is 0 Å². The maximum Gasteiger partial charge on any atom is 0.311 e. The van der Waals surface area contributed by atoms with Crippen LogP contribution in [-0.2, 0) is 9.53 Å². The molecule has 0 N–H and O–H groups in total. The third-order valence-corrected chi connectivity index (χ3v) is 3.02. The lowest BCUT2D eigenvalue weighted by molar-refractivity contribution is -0.156. The summed E-state index contributed by atoms with van der Waals surface area (Å²) >= 11 is 0. The molecule has 1 aliphatic carbocycles. The molecule has 72 valence electrons. The summed E-state index contributed by atoms with van der Waals surface area (Å²) in [5.41, 5.74) is -0.436. The summed E-state index contributed by atoms with van der Waals surface area (Å²) < 4.78 is 5.04. The Morgan fingerprint density at radius 1 is 1.62 bits per heavy atom. The van der Waals surface area contributed by atoms with E-state index in [9.17, 15) is 4.79 Å². The van der Waals surface area contributed by atoms with Gasteiger partial charge in [-0.2, -0.15) is 0 Å². The zero-order valence-electron chi connectivity index (χ0n) is 8.51. The first-order valence-corrected chi connectivity index (χ1v) is 5.04. The minimum Gasteiger partial charge on any atom is -0.466 e. The molecule has 0 aliphatic heterocycles. The molecule has 0 spiro atoms. The summed E-state index contributed by atoms with van der Waals surface area (Å²) in [4.78, 5) is 11.6. The Kier molecular flexibility index (Phi) is 3.40. The number of hydrogen-bond donors (Lipinski definition) is 0. The van der Waals surface area contributed by atoms with Crippen LogP contribution in [0.3, 0.4) is 0 Å². The quantitative estimate of drug-likeness (QED) is 0.480. The number of rotatable bonds is 2. The first-order valence-electron chi connectivity index (χ1n) is 5.04. The smallest absolute Gasteiger partial charge is 0.311 e. The van der Waals surface area contributed by atoms with E-state index >= 15 is 0 Å². The van der Waals surface area contributed by atoms with Crippen LogP contribution in [0.25, 0.3) is 0 Å². The second-order valence-corrected chi connectivity index (χ2v) is 3.99. The van der Waals surface area contributed by atoms with Crippen LogP contribution in [0.15, 0.2) is 0 Å². The molecule has 0 aromatic heterocycles. The van der Waals surface area contributed by atoms with Gasteiger partial charge < -0.3 is 4.74 Å². The van der Waals surface area contributed by atoms with Gasteiger partial charge in [-0.1, -0.05) is 25.1 Å². The molecule has 1 saturated carbocycles. The zero-order chi connectivity index (χ0) is 9.90. The number of esters is 1. The molecule has 0 heterocycles. The van der Waals surface area contributed by atoms with E-state index in [1.54, 1.807) is 0 Å². The SMILES string of the molecule is [B]C1CCCCC1(C)C(=O)OCC. The van der Waals surface area contributed by atoms with E-state index in [1.807, 2.05) is 13.8 Å². The van der Waals surface area contributed by atoms with Gasteiger partial charge >= 0.3 is 5.97 Å². The lowest BCUT2D eigenvalue weighted by Crippen LogP contribution is -2.36. The Morgan fingerprint density at radius 3 is 2.85 bits per heavy atom. The van der Waals surface area contributed by atoms with Crippen LogP contribution in [-0.4, -0.2) is 20.4 Å². The number of carbonyl (C=O) groups excluding carboxylic acids is 1. The van der Waals surface area contributed by atoms with E-state index in [2.05, 4.69) is 0 Å². The fourth-order valence-electron chi connectivity index (χ4n) is 1.91. The first-order chi connectivity index (χ1) is 6.11. The molecule has 13 heavy (non-hydrogen) atoms. The topological polar surface area (TPSA) is 26.3 Å². The van der Waals surface area contributed by atoms with E-state index in [1.165, 1.54) is 0 Å². The molecule has 0 amide bonds. The largest absolute Gasteiger partial charge is 0.466 e. The van der Waals surface area contributed by atoms with Crippen LogP contribution in [0.5, 0.6) is 0 Å². The van der Waals surface area contributed by atoms with Crippen LogP contribution in [0.4, 0.5) is 0 Å². The third kappa shape index (κ3) is 2.07. The Labute approximate surface area is 81.4 Å². The van der Waals surface area contributed by atoms with Gasteiger partial charge in [-0.05, 0) is 20.3 Å². The van der Waals surface area contributed by atoms with Crippen molar-refractivity contribution in [3.8, 4) is 0 Å². The zero-order valence-corrected chi connectivity index (χ0v) is 8.51. The maximum atomic E-state index is 11.6. The molecule has 0 saturated heterocycles. The van der Waals surface area contributed by atoms with Gasteiger partial charge in [0.05, 0.1) is 19.9 Å². The molecule has 0 aromatic rings. The van der Waals surface area contributed by atoms with Crippen LogP contribution in [0, 0.1) is 5.41 Å². The fourth-order valence-corrected chi connectivity index (χ4v) is 1.91. The molecule has 2 nitrogen and oxygen atoms in total. The van der Waals surface area contributed by atoms with E-state index in [0.717, 1.165) is 25.7 Å². The van der Waals surface area contributed by atoms with Crippen molar-refractivity contribution >= 4 is 13.8 Å². The average molecular weight is 180 g/mol. The predicted octanol–water partition coefficient (Wildman–Crippen LogP) is 2.09. The number of carbonyl (C=O) groups is 1. The molecule has 0 aromatic carbocycles. The Bertz CT molecular complexity index is 193. The molecule has 1 aliphatic rings. The molecule has 0 bridgehead atoms. The summed E-state index contributed by atoms with van der Waals surface area (Å²) in [6, 6.07) is 0. The Hall–Kier alpha value is -0.465. The van der Waals surface area contributed by atoms with Crippen LogP contribution >= 0.6 is 0 Å². The van der Waals surface area contributed by atoms with Crippen molar-refractivity contribution in [1.82, 2.24) is 0 Å². The molecule has 2 radical (unpaired) electrons. The minimum atomic E-state index is -0.436. The van der Waals surface area contributed by atoms with E-state index in [-0.39, 0.29) is 11.8 Å². The second-order valence-electron chi connectivity index (χ2n) is 3.99. The van der Waals surface area contributed by atoms with E-state index in [4.69, 9.17) is 12.6 Å². The van der Waals surface area contributed by atoms with Gasteiger partial charge in [-0.3, -0.25) is 4.79 Å². The van der Waals surface area contributed by atoms with Crippen molar-refractivity contribution in [3.05, 3.63) is 0 Å². The van der Waals surface area contributed by atoms with Crippen molar-refractivity contribution < 1.29 is 9.53 Å². The highest BCUT2D eigenvalue weighted by atomic mass is 16.5. The average Bonchev–Trinajstić information content (AvgIpc) is 2.11. The molecular formula is C10H17BO2. The molecule has 2 atom stereocenters. The number of ether oxygens (including phenoxy) is 1. The Morgan fingerprint density at radius 2 is 2.31 bits per heavy atom. The van der Waals surface area contributed by atoms with Crippen molar-refractivity contribution in [2.24, 2.45) is 5.41 Å². The van der Waals surface area contributed by atoms with Gasteiger partial charge in [0.1, 0.15) is 0 Å². The fraction of sp³-hybridized carbons (Fsp3) is 0.900. The molecule has 3 heteroatoms. The first kappa shape index (κ1) is 10.6. The highest BCUT2D eigenvalue weighted by molar-refractivity contribution is 6.14. The number of hydrogen-bond acceptors (Lipinski definition) is 2. The van der Waals surface area contributed by atoms with Gasteiger partial charge in [0.2, 0.25) is 0 Å². The molecular weight excluding hydrogens is 163 g/mol. The third-order valence-electron chi connectivity index (χ3n) is 3.02. The Balaban J connectivity index is 2.65. The maximum absolute atomic E-state index is 11.6. The highest BCUT2D eigenvalue weighted by Gasteiger charge is 2.40. The normalized spacial score (nSPS) is 34.2. The minimum absolute atomic E-state index is 0.0275. The second kappa shape index (κ2) is 4.16. The van der Waals surface area contributed by atoms with Crippen LogP contribution in [0.2, 0.25) is 5.82 Å². The van der Waals surface area contributed by atoms with E-state index < -0.39 is 5.41 Å². The molecule has 1 rings (SSSR count). The summed E-state index contributed by atoms with van der Waals surface area (Å²) in [5, 5.41) is 0. The van der Waals surface area contributed by atoms with Gasteiger partial charge in [0.15, 0.2) is 0 Å². The van der Waals surface area contributed by atoms with E-state index in [0.29, 0.717) is 6.61 Å². The lowest BCUT2D eigenvalue weighted by atomic mass is 9.59. The lowest BCUT2D eigenvalue weighted by Gasteiger charge is -2.37. The van der Waals surface area contributed by atoms with Crippen molar-refractivity contribution in [1.29, 1.82) is 0 Å². The highest BCUT2D eigenvalue weighted by Crippen LogP contribution is 2.44. The summed E-state index contributed by atoms with van der Waals surface area (Å²) in [5.74, 6) is -0.150. The van der Waals surface area contributed by atoms with Crippen LogP contribution < -0.4 is 0 Å². The van der Waals surface area contributed by atoms with Gasteiger partial charge in [-0.25, -0.2) is 0 Å². The van der Waals surface area contributed by atoms with Crippen molar-refractivity contribution in [2.75, 3.05) is 6.61 Å². The van der Waals surface area contributed by atoms with Crippen molar-refractivity contribution in [3.63, 3.8) is 0 Å². The van der Waals surface area contributed by atoms with Crippen LogP contribution in [0.1, 0.15) is 39.5 Å². The summed E-state index contributed by atoms with van der Waals surface area (Å²) in [7, 11) is 5.94. The molecule has 2 unspecified atom stereocenters. The summed E-state index contributed by atoms with van der Waals surface area (Å²) in [6.45, 7) is 4.20. The van der Waals surface area contributed by atoms with Gasteiger partial charge in [0, 0.05) is 0 Å². The standard InChI is InChI=1S/C10H17BO2/c1-3-13-9(12)10(2)7-5-4-6-8(10)11/h8H,3-7H2,1-2H3. The monoisotopic (exact) mass is 180 g/mol. The summed E-state index contributed by atoms with van der Waals surface area (Å²) in [6.07, 6.45) is 4.03. The van der Waals surface area contributed by atoms with Crippen molar-refractivity contribution in [2.45, 2.75) is 45.3 Å². The predicted molar refractivity (Wildman–Crippen MR) is 52.7 cm³/mol. The van der Waals surface area contributed by atoms with Gasteiger partial charge in [-0.15, -0.1) is 0 Å².